The fourth-order valence-electron chi connectivity index (χ4n) is 6.17. The number of hydrogen-bond acceptors (Lipinski definition) is 8. The summed E-state index contributed by atoms with van der Waals surface area (Å²) in [6.07, 6.45) is 3.00. The Hall–Kier alpha value is -4.00. The molecule has 1 aliphatic carbocycles. The Kier molecular flexibility index (Phi) is 9.04. The molecule has 1 fully saturated rings. The van der Waals surface area contributed by atoms with E-state index >= 15 is 0 Å². The average molecular weight is 667 g/mol. The molecular weight excluding hydrogens is 633 g/mol. The maximum absolute atomic E-state index is 13.1. The number of pyridine rings is 1. The lowest BCUT2D eigenvalue weighted by Crippen LogP contribution is -2.47. The minimum absolute atomic E-state index is 0.0104. The number of aromatic nitrogens is 3. The van der Waals surface area contributed by atoms with E-state index < -0.39 is 23.3 Å². The second-order valence-corrected chi connectivity index (χ2v) is 12.2. The normalized spacial score (nSPS) is 19.1. The van der Waals surface area contributed by atoms with Crippen LogP contribution in [0.4, 0.5) is 5.69 Å². The Morgan fingerprint density at radius 1 is 1.07 bits per heavy atom. The molecular formula is C33H33Cl2N5O6. The maximum atomic E-state index is 13.1. The summed E-state index contributed by atoms with van der Waals surface area (Å²) < 4.78 is 13.2. The first-order valence-corrected chi connectivity index (χ1v) is 15.6. The molecule has 240 valence electrons. The number of halogens is 2. The molecule has 4 aromatic rings. The van der Waals surface area contributed by atoms with Gasteiger partial charge in [-0.3, -0.25) is 14.2 Å². The number of nitrogens with zero attached hydrogens (tertiary/aromatic N) is 3. The summed E-state index contributed by atoms with van der Waals surface area (Å²) in [5.41, 5.74) is 3.38. The lowest BCUT2D eigenvalue weighted by molar-refractivity contribution is -0.0304. The highest BCUT2D eigenvalue weighted by Crippen LogP contribution is 2.44. The van der Waals surface area contributed by atoms with Crippen LogP contribution in [0.15, 0.2) is 58.3 Å². The van der Waals surface area contributed by atoms with Gasteiger partial charge in [-0.15, -0.1) is 0 Å². The fraction of sp³-hybridized carbons (Fsp3) is 0.333. The number of ether oxygens (including phenoxy) is 2. The van der Waals surface area contributed by atoms with Crippen molar-refractivity contribution in [2.24, 2.45) is 14.1 Å². The predicted molar refractivity (Wildman–Crippen MR) is 176 cm³/mol. The van der Waals surface area contributed by atoms with E-state index in [0.717, 1.165) is 39.5 Å². The predicted octanol–water partition coefficient (Wildman–Crippen LogP) is 4.11. The molecule has 2 aromatic heterocycles. The molecule has 3 N–H and O–H groups in total. The van der Waals surface area contributed by atoms with Gasteiger partial charge in [0.2, 0.25) is 5.88 Å². The number of amides is 1. The first-order chi connectivity index (χ1) is 22.1. The Balaban J connectivity index is 1.31. The number of anilines is 1. The third kappa shape index (κ3) is 5.85. The highest BCUT2D eigenvalue weighted by Gasteiger charge is 2.33. The molecule has 1 aliphatic heterocycles. The summed E-state index contributed by atoms with van der Waals surface area (Å²) in [7, 11) is 4.36. The van der Waals surface area contributed by atoms with Crippen LogP contribution in [-0.2, 0) is 25.3 Å². The van der Waals surface area contributed by atoms with Crippen LogP contribution in [0.1, 0.15) is 40.4 Å². The number of rotatable bonds is 7. The second kappa shape index (κ2) is 13.0. The number of benzene rings is 2. The van der Waals surface area contributed by atoms with Crippen LogP contribution < -0.4 is 26.6 Å². The molecule has 3 heterocycles. The van der Waals surface area contributed by atoms with Gasteiger partial charge in [0.1, 0.15) is 5.56 Å². The number of aliphatic hydroxyl groups excluding tert-OH is 1. The molecule has 0 saturated carbocycles. The Labute approximate surface area is 274 Å². The molecule has 11 nitrogen and oxygen atoms in total. The van der Waals surface area contributed by atoms with Crippen LogP contribution in [0.3, 0.4) is 0 Å². The highest BCUT2D eigenvalue weighted by molar-refractivity contribution is 6.39. The van der Waals surface area contributed by atoms with Crippen LogP contribution in [0, 0.1) is 0 Å². The Morgan fingerprint density at radius 3 is 2.52 bits per heavy atom. The second-order valence-electron chi connectivity index (χ2n) is 11.5. The van der Waals surface area contributed by atoms with Gasteiger partial charge in [0.25, 0.3) is 11.5 Å². The molecule has 1 unspecified atom stereocenters. The number of hydrogen-bond donors (Lipinski definition) is 3. The summed E-state index contributed by atoms with van der Waals surface area (Å²) in [6.45, 7) is 0.917. The van der Waals surface area contributed by atoms with E-state index in [0.29, 0.717) is 46.5 Å². The fourth-order valence-corrected chi connectivity index (χ4v) is 6.77. The molecule has 13 heteroatoms. The molecule has 2 aromatic carbocycles. The SMILES string of the molecule is COc1nc(-c2cccc(-c3cccc(NC(=O)c4cn(C)c(=O)n(C)c4=O)c3Cl)c2Cl)cc2c1C(N[C@H]1CCOC[C@@H]1O)CC2. The van der Waals surface area contributed by atoms with Crippen molar-refractivity contribution < 1.29 is 19.4 Å². The van der Waals surface area contributed by atoms with Crippen molar-refractivity contribution in [3.8, 4) is 28.3 Å². The summed E-state index contributed by atoms with van der Waals surface area (Å²) in [6, 6.07) is 12.6. The third-order valence-corrected chi connectivity index (χ3v) is 9.41. The van der Waals surface area contributed by atoms with Crippen molar-refractivity contribution in [2.45, 2.75) is 37.5 Å². The maximum Gasteiger partial charge on any atom is 0.330 e. The minimum Gasteiger partial charge on any atom is -0.481 e. The van der Waals surface area contributed by atoms with E-state index in [1.807, 2.05) is 24.3 Å². The van der Waals surface area contributed by atoms with Gasteiger partial charge in [0, 0.05) is 61.2 Å². The molecule has 0 bridgehead atoms. The number of methoxy groups -OCH3 is 1. The van der Waals surface area contributed by atoms with Crippen LogP contribution in [0.5, 0.6) is 5.88 Å². The Bertz CT molecular complexity index is 1960. The van der Waals surface area contributed by atoms with E-state index in [1.165, 1.54) is 20.3 Å². The molecule has 46 heavy (non-hydrogen) atoms. The quantitative estimate of drug-likeness (QED) is 0.268. The van der Waals surface area contributed by atoms with Crippen molar-refractivity contribution in [2.75, 3.05) is 25.6 Å². The van der Waals surface area contributed by atoms with Gasteiger partial charge in [-0.25, -0.2) is 9.78 Å². The smallest absolute Gasteiger partial charge is 0.330 e. The summed E-state index contributed by atoms with van der Waals surface area (Å²) in [5.74, 6) is -0.207. The first kappa shape index (κ1) is 32.0. The monoisotopic (exact) mass is 665 g/mol. The number of aliphatic hydroxyl groups is 1. The van der Waals surface area contributed by atoms with E-state index in [2.05, 4.69) is 10.6 Å². The zero-order chi connectivity index (χ0) is 32.7. The van der Waals surface area contributed by atoms with Gasteiger partial charge in [-0.1, -0.05) is 53.5 Å². The molecule has 0 radical (unpaired) electrons. The van der Waals surface area contributed by atoms with Gasteiger partial charge >= 0.3 is 5.69 Å². The van der Waals surface area contributed by atoms with Gasteiger partial charge in [0.15, 0.2) is 0 Å². The molecule has 0 spiro atoms. The van der Waals surface area contributed by atoms with Crippen LogP contribution in [0.25, 0.3) is 22.4 Å². The van der Waals surface area contributed by atoms with E-state index in [1.54, 1.807) is 25.3 Å². The molecule has 1 amide bonds. The van der Waals surface area contributed by atoms with Crippen molar-refractivity contribution in [3.05, 3.63) is 96.2 Å². The van der Waals surface area contributed by atoms with E-state index in [-0.39, 0.29) is 28.4 Å². The number of carbonyl (C=O) groups excluding carboxylic acids is 1. The molecule has 3 atom stereocenters. The van der Waals surface area contributed by atoms with Crippen LogP contribution in [0.2, 0.25) is 10.0 Å². The largest absolute Gasteiger partial charge is 0.481 e. The highest BCUT2D eigenvalue weighted by atomic mass is 35.5. The average Bonchev–Trinajstić information content (AvgIpc) is 3.46. The van der Waals surface area contributed by atoms with Crippen LogP contribution in [-0.4, -0.2) is 57.6 Å². The molecule has 6 rings (SSSR count). The van der Waals surface area contributed by atoms with Gasteiger partial charge in [0.05, 0.1) is 41.2 Å². The zero-order valence-electron chi connectivity index (χ0n) is 25.5. The molecule has 1 saturated heterocycles. The van der Waals surface area contributed by atoms with E-state index in [4.69, 9.17) is 37.7 Å². The summed E-state index contributed by atoms with van der Waals surface area (Å²) >= 11 is 13.9. The minimum atomic E-state index is -0.718. The lowest BCUT2D eigenvalue weighted by atomic mass is 9.99. The number of fused-ring (bicyclic) bond motifs is 1. The lowest BCUT2D eigenvalue weighted by Gasteiger charge is -2.31. The summed E-state index contributed by atoms with van der Waals surface area (Å²) in [4.78, 5) is 42.6. The van der Waals surface area contributed by atoms with Gasteiger partial charge < -0.3 is 29.8 Å². The van der Waals surface area contributed by atoms with E-state index in [9.17, 15) is 19.5 Å². The molecule has 2 aliphatic rings. The first-order valence-electron chi connectivity index (χ1n) is 14.8. The van der Waals surface area contributed by atoms with Crippen LogP contribution >= 0.6 is 23.2 Å². The van der Waals surface area contributed by atoms with Gasteiger partial charge in [-0.2, -0.15) is 0 Å². The van der Waals surface area contributed by atoms with Crippen molar-refractivity contribution in [3.63, 3.8) is 0 Å². The number of aryl methyl sites for hydroxylation is 2. The van der Waals surface area contributed by atoms with Crippen molar-refractivity contribution >= 4 is 34.8 Å². The number of carbonyl (C=O) groups is 1. The third-order valence-electron chi connectivity index (χ3n) is 8.60. The topological polar surface area (TPSA) is 137 Å². The van der Waals surface area contributed by atoms with Crippen molar-refractivity contribution in [1.29, 1.82) is 0 Å². The van der Waals surface area contributed by atoms with Crippen molar-refractivity contribution in [1.82, 2.24) is 19.4 Å². The van der Waals surface area contributed by atoms with Gasteiger partial charge in [-0.05, 0) is 37.0 Å². The summed E-state index contributed by atoms with van der Waals surface area (Å²) in [5, 5.41) is 17.3. The number of nitrogens with one attached hydrogen (secondary N) is 2. The zero-order valence-corrected chi connectivity index (χ0v) is 27.0. The standard InChI is InChI=1S/C33H33Cl2N5O6/c1-39-15-21(32(43)40(2)33(39)44)30(42)37-24-9-5-7-19(29(24)35)18-6-4-8-20(28(18)34)25-14-17-10-11-23(27(17)31(38-25)45-3)36-22-12-13-46-16-26(22)41/h4-9,14-15,22-23,26,36,41H,10-13,16H2,1-3H3,(H,37,42)/t22-,23?,26-/m0/s1. The Morgan fingerprint density at radius 2 is 1.78 bits per heavy atom.